The first-order valence-electron chi connectivity index (χ1n) is 7.90. The molecule has 0 saturated heterocycles. The van der Waals surface area contributed by atoms with Gasteiger partial charge in [-0.05, 0) is 25.3 Å². The summed E-state index contributed by atoms with van der Waals surface area (Å²) in [5, 5.41) is 22.4. The summed E-state index contributed by atoms with van der Waals surface area (Å²) in [5.74, 6) is -1.86. The van der Waals surface area contributed by atoms with Gasteiger partial charge in [0.15, 0.2) is 0 Å². The number of hydrogen-bond donors (Lipinski definition) is 2. The fourth-order valence-corrected chi connectivity index (χ4v) is 2.65. The number of amides is 1. The van der Waals surface area contributed by atoms with Crippen molar-refractivity contribution in [2.24, 2.45) is 0 Å². The first-order valence-corrected chi connectivity index (χ1v) is 7.90. The van der Waals surface area contributed by atoms with Crippen molar-refractivity contribution in [2.45, 2.75) is 38.2 Å². The van der Waals surface area contributed by atoms with E-state index >= 15 is 0 Å². The van der Waals surface area contributed by atoms with Crippen LogP contribution in [0.2, 0.25) is 0 Å². The van der Waals surface area contributed by atoms with E-state index < -0.39 is 22.5 Å². The molecule has 1 aliphatic carbocycles. The standard InChI is InChI=1S/C16H20N2O6/c19-15(17-6-3-7-24-14-4-1-2-5-14)11-8-12(16(20)21)10-13(9-11)18(22)23/h8-10,14H,1-7H2,(H,17,19)(H,20,21). The van der Waals surface area contributed by atoms with Gasteiger partial charge in [-0.1, -0.05) is 12.8 Å². The second kappa shape index (κ2) is 8.39. The molecular weight excluding hydrogens is 316 g/mol. The van der Waals surface area contributed by atoms with Crippen molar-refractivity contribution < 1.29 is 24.4 Å². The van der Waals surface area contributed by atoms with Crippen molar-refractivity contribution in [1.82, 2.24) is 5.32 Å². The van der Waals surface area contributed by atoms with Crippen LogP contribution in [0.5, 0.6) is 0 Å². The van der Waals surface area contributed by atoms with E-state index in [0.29, 0.717) is 25.7 Å². The number of hydrogen-bond acceptors (Lipinski definition) is 5. The van der Waals surface area contributed by atoms with E-state index in [1.807, 2.05) is 0 Å². The van der Waals surface area contributed by atoms with Gasteiger partial charge in [-0.15, -0.1) is 0 Å². The van der Waals surface area contributed by atoms with Gasteiger partial charge in [0.25, 0.3) is 11.6 Å². The highest BCUT2D eigenvalue weighted by Crippen LogP contribution is 2.21. The molecule has 0 unspecified atom stereocenters. The molecule has 0 bridgehead atoms. The average Bonchev–Trinajstić information content (AvgIpc) is 3.07. The number of ether oxygens (including phenoxy) is 1. The molecular formula is C16H20N2O6. The lowest BCUT2D eigenvalue weighted by molar-refractivity contribution is -0.384. The topological polar surface area (TPSA) is 119 Å². The van der Waals surface area contributed by atoms with Gasteiger partial charge in [0.2, 0.25) is 0 Å². The summed E-state index contributed by atoms with van der Waals surface area (Å²) in [6.07, 6.45) is 5.50. The molecule has 1 amide bonds. The minimum Gasteiger partial charge on any atom is -0.478 e. The molecule has 0 atom stereocenters. The Bertz CT molecular complexity index is 593. The van der Waals surface area contributed by atoms with E-state index in [4.69, 9.17) is 9.84 Å². The van der Waals surface area contributed by atoms with Gasteiger partial charge in [-0.2, -0.15) is 0 Å². The second-order valence-electron chi connectivity index (χ2n) is 5.72. The van der Waals surface area contributed by atoms with Crippen LogP contribution in [0.1, 0.15) is 52.8 Å². The molecule has 8 heteroatoms. The summed E-state index contributed by atoms with van der Waals surface area (Å²) in [7, 11) is 0. The molecule has 1 aromatic rings. The summed E-state index contributed by atoms with van der Waals surface area (Å²) in [4.78, 5) is 33.2. The molecule has 1 fully saturated rings. The molecule has 0 heterocycles. The van der Waals surface area contributed by atoms with Gasteiger partial charge in [0.05, 0.1) is 16.6 Å². The number of benzene rings is 1. The monoisotopic (exact) mass is 336 g/mol. The first kappa shape index (κ1) is 17.9. The Morgan fingerprint density at radius 3 is 2.54 bits per heavy atom. The maximum absolute atomic E-state index is 12.0. The van der Waals surface area contributed by atoms with Crippen LogP contribution in [0.4, 0.5) is 5.69 Å². The Labute approximate surface area is 139 Å². The highest BCUT2D eigenvalue weighted by atomic mass is 16.6. The second-order valence-corrected chi connectivity index (χ2v) is 5.72. The number of nitro benzene ring substituents is 1. The zero-order valence-corrected chi connectivity index (χ0v) is 13.2. The van der Waals surface area contributed by atoms with Crippen LogP contribution in [-0.4, -0.2) is 41.2 Å². The van der Waals surface area contributed by atoms with E-state index in [-0.39, 0.29) is 11.1 Å². The van der Waals surface area contributed by atoms with Crippen molar-refractivity contribution in [1.29, 1.82) is 0 Å². The van der Waals surface area contributed by atoms with Crippen LogP contribution in [0.15, 0.2) is 18.2 Å². The highest BCUT2D eigenvalue weighted by Gasteiger charge is 2.18. The SMILES string of the molecule is O=C(O)c1cc(C(=O)NCCCOC2CCCC2)cc([N+](=O)[O-])c1. The predicted octanol–water partition coefficient (Wildman–Crippen LogP) is 2.37. The van der Waals surface area contributed by atoms with Gasteiger partial charge in [-0.3, -0.25) is 14.9 Å². The number of carbonyl (C=O) groups is 2. The molecule has 0 radical (unpaired) electrons. The third-order valence-corrected chi connectivity index (χ3v) is 3.90. The summed E-state index contributed by atoms with van der Waals surface area (Å²) >= 11 is 0. The van der Waals surface area contributed by atoms with Crippen LogP contribution in [-0.2, 0) is 4.74 Å². The molecule has 0 spiro atoms. The van der Waals surface area contributed by atoms with Gasteiger partial charge in [-0.25, -0.2) is 4.79 Å². The molecule has 2 N–H and O–H groups in total. The molecule has 0 aliphatic heterocycles. The third kappa shape index (κ3) is 5.02. The number of aromatic carboxylic acids is 1. The molecule has 1 aliphatic rings. The summed E-state index contributed by atoms with van der Waals surface area (Å²) in [6, 6.07) is 3.12. The van der Waals surface area contributed by atoms with Gasteiger partial charge in [0.1, 0.15) is 0 Å². The lowest BCUT2D eigenvalue weighted by Gasteiger charge is -2.11. The van der Waals surface area contributed by atoms with Crippen LogP contribution in [0.3, 0.4) is 0 Å². The predicted molar refractivity (Wildman–Crippen MR) is 85.2 cm³/mol. The lowest BCUT2D eigenvalue weighted by atomic mass is 10.1. The summed E-state index contributed by atoms with van der Waals surface area (Å²) in [6.45, 7) is 0.900. The van der Waals surface area contributed by atoms with E-state index in [2.05, 4.69) is 5.32 Å². The summed E-state index contributed by atoms with van der Waals surface area (Å²) < 4.78 is 5.67. The molecule has 8 nitrogen and oxygen atoms in total. The van der Waals surface area contributed by atoms with Crippen LogP contribution in [0, 0.1) is 10.1 Å². The fraction of sp³-hybridized carbons (Fsp3) is 0.500. The first-order chi connectivity index (χ1) is 11.5. The van der Waals surface area contributed by atoms with E-state index in [9.17, 15) is 19.7 Å². The van der Waals surface area contributed by atoms with Crippen molar-refractivity contribution in [3.05, 3.63) is 39.4 Å². The normalized spacial score (nSPS) is 14.5. The van der Waals surface area contributed by atoms with E-state index in [0.717, 1.165) is 31.0 Å². The van der Waals surface area contributed by atoms with E-state index in [1.165, 1.54) is 12.8 Å². The number of nitrogens with one attached hydrogen (secondary N) is 1. The Kier molecular flexibility index (Phi) is 6.25. The third-order valence-electron chi connectivity index (χ3n) is 3.90. The van der Waals surface area contributed by atoms with Crippen LogP contribution < -0.4 is 5.32 Å². The maximum Gasteiger partial charge on any atom is 0.335 e. The molecule has 130 valence electrons. The minimum atomic E-state index is -1.32. The molecule has 0 aromatic heterocycles. The lowest BCUT2D eigenvalue weighted by Crippen LogP contribution is -2.26. The smallest absolute Gasteiger partial charge is 0.335 e. The number of carboxylic acid groups (broad SMARTS) is 1. The zero-order chi connectivity index (χ0) is 17.5. The number of nitrogens with zero attached hydrogens (tertiary/aromatic N) is 1. The summed E-state index contributed by atoms with van der Waals surface area (Å²) in [5.41, 5.74) is -0.762. The van der Waals surface area contributed by atoms with Crippen LogP contribution in [0.25, 0.3) is 0 Å². The number of carboxylic acids is 1. The fourth-order valence-electron chi connectivity index (χ4n) is 2.65. The Morgan fingerprint density at radius 2 is 1.92 bits per heavy atom. The number of non-ortho nitro benzene ring substituents is 1. The molecule has 24 heavy (non-hydrogen) atoms. The number of rotatable bonds is 8. The Balaban J connectivity index is 1.86. The number of nitro groups is 1. The van der Waals surface area contributed by atoms with Gasteiger partial charge in [0, 0.05) is 30.8 Å². The number of carbonyl (C=O) groups excluding carboxylic acids is 1. The van der Waals surface area contributed by atoms with Crippen LogP contribution >= 0.6 is 0 Å². The van der Waals surface area contributed by atoms with Crippen molar-refractivity contribution in [2.75, 3.05) is 13.2 Å². The van der Waals surface area contributed by atoms with Crippen molar-refractivity contribution >= 4 is 17.6 Å². The quantitative estimate of drug-likeness (QED) is 0.427. The van der Waals surface area contributed by atoms with E-state index in [1.54, 1.807) is 0 Å². The zero-order valence-electron chi connectivity index (χ0n) is 13.2. The van der Waals surface area contributed by atoms with Crippen molar-refractivity contribution in [3.63, 3.8) is 0 Å². The highest BCUT2D eigenvalue weighted by molar-refractivity contribution is 5.98. The van der Waals surface area contributed by atoms with Gasteiger partial charge < -0.3 is 15.2 Å². The molecule has 1 aromatic carbocycles. The van der Waals surface area contributed by atoms with Gasteiger partial charge >= 0.3 is 5.97 Å². The molecule has 1 saturated carbocycles. The largest absolute Gasteiger partial charge is 0.478 e. The Hall–Kier alpha value is -2.48. The Morgan fingerprint density at radius 1 is 1.25 bits per heavy atom. The minimum absolute atomic E-state index is 0.0432. The molecule has 2 rings (SSSR count). The van der Waals surface area contributed by atoms with Crippen molar-refractivity contribution in [3.8, 4) is 0 Å². The maximum atomic E-state index is 12.0. The average molecular weight is 336 g/mol.